The number of carboxylic acids is 4. The molecule has 0 bridgehead atoms. The third kappa shape index (κ3) is 4.42. The predicted molar refractivity (Wildman–Crippen MR) is 79.1 cm³/mol. The Morgan fingerprint density at radius 2 is 1.00 bits per heavy atom. The fourth-order valence-electron chi connectivity index (χ4n) is 2.96. The lowest BCUT2D eigenvalue weighted by atomic mass is 9.98. The maximum Gasteiger partial charge on any atom is 0.323 e. The van der Waals surface area contributed by atoms with Crippen LogP contribution in [0.5, 0.6) is 0 Å². The molecule has 0 radical (unpaired) electrons. The Bertz CT molecular complexity index is 503. The number of nitrogens with two attached hydrogens (primary N) is 2. The average molecular weight is 346 g/mol. The minimum atomic E-state index is -1.32. The van der Waals surface area contributed by atoms with E-state index in [1.165, 1.54) is 0 Å². The van der Waals surface area contributed by atoms with Crippen LogP contribution in [0.1, 0.15) is 38.5 Å². The number of hydrogen-bond acceptors (Lipinski definition) is 6. The van der Waals surface area contributed by atoms with Crippen molar-refractivity contribution in [3.8, 4) is 0 Å². The molecule has 4 atom stereocenters. The van der Waals surface area contributed by atoms with Crippen molar-refractivity contribution in [2.24, 2.45) is 23.3 Å². The molecule has 10 heteroatoms. The average Bonchev–Trinajstić information content (AvgIpc) is 3.05. The van der Waals surface area contributed by atoms with Crippen LogP contribution in [0.25, 0.3) is 0 Å². The van der Waals surface area contributed by atoms with E-state index in [2.05, 4.69) is 0 Å². The molecule has 0 aromatic heterocycles. The van der Waals surface area contributed by atoms with Crippen molar-refractivity contribution in [1.82, 2.24) is 0 Å². The Kier molecular flexibility index (Phi) is 5.90. The standard InChI is InChI=1S/2C7H11NO4/c2*8-7(6(11)12)2-1-4(3-7)5(9)10/h2*4H,1-3,8H2,(H,9,10)(H,11,12). The summed E-state index contributed by atoms with van der Waals surface area (Å²) in [4.78, 5) is 42.1. The van der Waals surface area contributed by atoms with Crippen molar-refractivity contribution in [3.05, 3.63) is 0 Å². The quantitative estimate of drug-likeness (QED) is 0.378. The molecular weight excluding hydrogens is 324 g/mol. The molecule has 2 fully saturated rings. The molecule has 24 heavy (non-hydrogen) atoms. The van der Waals surface area contributed by atoms with Crippen LogP contribution in [0.2, 0.25) is 0 Å². The molecule has 8 N–H and O–H groups in total. The topological polar surface area (TPSA) is 201 Å². The second-order valence-electron chi connectivity index (χ2n) is 6.48. The van der Waals surface area contributed by atoms with Crippen molar-refractivity contribution in [2.75, 3.05) is 0 Å². The van der Waals surface area contributed by atoms with Crippen LogP contribution >= 0.6 is 0 Å². The molecule has 0 saturated heterocycles. The minimum absolute atomic E-state index is 0.0394. The third-order valence-corrected chi connectivity index (χ3v) is 4.65. The van der Waals surface area contributed by atoms with Gasteiger partial charge in [-0.25, -0.2) is 0 Å². The molecule has 0 aliphatic heterocycles. The van der Waals surface area contributed by atoms with Crippen LogP contribution in [-0.2, 0) is 19.2 Å². The van der Waals surface area contributed by atoms with Gasteiger partial charge >= 0.3 is 23.9 Å². The second kappa shape index (κ2) is 7.14. The summed E-state index contributed by atoms with van der Waals surface area (Å²) < 4.78 is 0. The maximum atomic E-state index is 10.6. The van der Waals surface area contributed by atoms with Crippen LogP contribution in [-0.4, -0.2) is 55.4 Å². The van der Waals surface area contributed by atoms with Crippen LogP contribution in [0.3, 0.4) is 0 Å². The molecule has 0 spiro atoms. The number of rotatable bonds is 4. The Balaban J connectivity index is 0.000000240. The fourth-order valence-corrected chi connectivity index (χ4v) is 2.96. The number of aliphatic carboxylic acids is 4. The summed E-state index contributed by atoms with van der Waals surface area (Å²) in [6.45, 7) is 0. The van der Waals surface area contributed by atoms with Gasteiger partial charge in [-0.2, -0.15) is 0 Å². The molecule has 10 nitrogen and oxygen atoms in total. The first-order valence-corrected chi connectivity index (χ1v) is 7.41. The largest absolute Gasteiger partial charge is 0.481 e. The predicted octanol–water partition coefficient (Wildman–Crippen LogP) is -0.694. The Labute approximate surface area is 137 Å². The first-order chi connectivity index (χ1) is 10.9. The van der Waals surface area contributed by atoms with E-state index >= 15 is 0 Å². The molecule has 136 valence electrons. The van der Waals surface area contributed by atoms with Crippen molar-refractivity contribution >= 4 is 23.9 Å². The SMILES string of the molecule is NC1(C(=O)O)CCC(C(=O)O)C1.NC1(C(=O)O)CCC(C(=O)O)C1. The molecule has 2 aliphatic carbocycles. The Morgan fingerprint density at radius 1 is 0.708 bits per heavy atom. The summed E-state index contributed by atoms with van der Waals surface area (Å²) in [6, 6.07) is 0. The van der Waals surface area contributed by atoms with E-state index in [0.29, 0.717) is 12.8 Å². The highest BCUT2D eigenvalue weighted by Crippen LogP contribution is 2.33. The van der Waals surface area contributed by atoms with Crippen molar-refractivity contribution in [3.63, 3.8) is 0 Å². The van der Waals surface area contributed by atoms with E-state index in [1.54, 1.807) is 0 Å². The zero-order valence-electron chi connectivity index (χ0n) is 13.0. The molecule has 0 aromatic carbocycles. The van der Waals surface area contributed by atoms with Crippen molar-refractivity contribution in [2.45, 2.75) is 49.6 Å². The molecule has 0 aromatic rings. The Morgan fingerprint density at radius 3 is 1.12 bits per heavy atom. The van der Waals surface area contributed by atoms with Gasteiger partial charge in [0.05, 0.1) is 11.8 Å². The van der Waals surface area contributed by atoms with Crippen LogP contribution < -0.4 is 11.5 Å². The van der Waals surface area contributed by atoms with Gasteiger partial charge in [-0.15, -0.1) is 0 Å². The lowest BCUT2D eigenvalue weighted by molar-refractivity contribution is -0.146. The van der Waals surface area contributed by atoms with Gasteiger partial charge in [0.1, 0.15) is 11.1 Å². The molecular formula is C14H22N2O8. The minimum Gasteiger partial charge on any atom is -0.481 e. The summed E-state index contributed by atoms with van der Waals surface area (Å²) in [7, 11) is 0. The smallest absolute Gasteiger partial charge is 0.323 e. The van der Waals surface area contributed by atoms with Gasteiger partial charge in [0.15, 0.2) is 0 Å². The van der Waals surface area contributed by atoms with Gasteiger partial charge in [0, 0.05) is 0 Å². The van der Waals surface area contributed by atoms with E-state index in [0.717, 1.165) is 0 Å². The van der Waals surface area contributed by atoms with E-state index in [9.17, 15) is 19.2 Å². The Hall–Kier alpha value is -2.20. The van der Waals surface area contributed by atoms with Gasteiger partial charge in [0.2, 0.25) is 0 Å². The van der Waals surface area contributed by atoms with Crippen LogP contribution in [0, 0.1) is 11.8 Å². The van der Waals surface area contributed by atoms with Gasteiger partial charge < -0.3 is 31.9 Å². The monoisotopic (exact) mass is 346 g/mol. The van der Waals surface area contributed by atoms with Crippen LogP contribution in [0.4, 0.5) is 0 Å². The summed E-state index contributed by atoms with van der Waals surface area (Å²) in [5.74, 6) is -5.30. The van der Waals surface area contributed by atoms with Gasteiger partial charge in [-0.3, -0.25) is 19.2 Å². The molecule has 0 amide bonds. The third-order valence-electron chi connectivity index (χ3n) is 4.65. The number of hydrogen-bond donors (Lipinski definition) is 6. The molecule has 2 saturated carbocycles. The highest BCUT2D eigenvalue weighted by Gasteiger charge is 2.45. The van der Waals surface area contributed by atoms with Gasteiger partial charge in [-0.1, -0.05) is 0 Å². The maximum absolute atomic E-state index is 10.6. The molecule has 0 heterocycles. The van der Waals surface area contributed by atoms with Crippen molar-refractivity contribution < 1.29 is 39.6 Å². The summed E-state index contributed by atoms with van der Waals surface area (Å²) in [6.07, 6.45) is 1.30. The molecule has 2 rings (SSSR count). The first-order valence-electron chi connectivity index (χ1n) is 7.41. The van der Waals surface area contributed by atoms with E-state index in [-0.39, 0.29) is 25.7 Å². The second-order valence-corrected chi connectivity index (χ2v) is 6.48. The molecule has 4 unspecified atom stereocenters. The zero-order chi connectivity index (χ0) is 18.7. The lowest BCUT2D eigenvalue weighted by Gasteiger charge is -2.16. The highest BCUT2D eigenvalue weighted by atomic mass is 16.4. The van der Waals surface area contributed by atoms with E-state index < -0.39 is 46.8 Å². The number of carbonyl (C=O) groups is 4. The van der Waals surface area contributed by atoms with Gasteiger partial charge in [-0.05, 0) is 38.5 Å². The summed E-state index contributed by atoms with van der Waals surface area (Å²) in [5, 5.41) is 34.5. The first kappa shape index (κ1) is 19.8. The van der Waals surface area contributed by atoms with Gasteiger partial charge in [0.25, 0.3) is 0 Å². The zero-order valence-corrected chi connectivity index (χ0v) is 13.0. The molecule has 2 aliphatic rings. The highest BCUT2D eigenvalue weighted by molar-refractivity contribution is 5.82. The van der Waals surface area contributed by atoms with E-state index in [1.807, 2.05) is 0 Å². The fraction of sp³-hybridized carbons (Fsp3) is 0.714. The van der Waals surface area contributed by atoms with E-state index in [4.69, 9.17) is 31.9 Å². The van der Waals surface area contributed by atoms with Crippen LogP contribution in [0.15, 0.2) is 0 Å². The van der Waals surface area contributed by atoms with Crippen molar-refractivity contribution in [1.29, 1.82) is 0 Å². The summed E-state index contributed by atoms with van der Waals surface area (Å²) in [5.41, 5.74) is 8.30. The lowest BCUT2D eigenvalue weighted by Crippen LogP contribution is -2.45. The normalized spacial score (nSPS) is 34.9. The number of carboxylic acid groups (broad SMARTS) is 4. The summed E-state index contributed by atoms with van der Waals surface area (Å²) >= 11 is 0.